The van der Waals surface area contributed by atoms with Crippen LogP contribution in [0.15, 0.2) is 5.38 Å². The van der Waals surface area contributed by atoms with E-state index in [1.54, 1.807) is 11.3 Å². The summed E-state index contributed by atoms with van der Waals surface area (Å²) >= 11 is 2.90. The van der Waals surface area contributed by atoms with Crippen LogP contribution in [0, 0.1) is 6.92 Å². The Kier molecular flexibility index (Phi) is 3.47. The average molecular weight is 255 g/mol. The molecule has 0 saturated heterocycles. The van der Waals surface area contributed by atoms with Gasteiger partial charge in [0.25, 0.3) is 0 Å². The first-order chi connectivity index (χ1) is 7.65. The Balaban J connectivity index is 1.94. The van der Waals surface area contributed by atoms with Crippen molar-refractivity contribution in [2.75, 3.05) is 12.8 Å². The van der Waals surface area contributed by atoms with Gasteiger partial charge in [-0.05, 0) is 14.0 Å². The van der Waals surface area contributed by atoms with Crippen LogP contribution >= 0.6 is 22.9 Å². The molecule has 16 heavy (non-hydrogen) atoms. The third-order valence-electron chi connectivity index (χ3n) is 2.10. The Labute approximate surface area is 102 Å². The fourth-order valence-electron chi connectivity index (χ4n) is 1.39. The number of nitrogen functional groups attached to an aromatic ring is 1. The van der Waals surface area contributed by atoms with Crippen molar-refractivity contribution in [3.05, 3.63) is 21.8 Å². The Morgan fingerprint density at radius 3 is 2.81 bits per heavy atom. The van der Waals surface area contributed by atoms with Crippen molar-refractivity contribution in [3.8, 4) is 0 Å². The van der Waals surface area contributed by atoms with Crippen molar-refractivity contribution in [2.45, 2.75) is 20.0 Å². The SMILES string of the molecule is Cc1nc(CN(C)Cc2nnsc2N)cs1. The van der Waals surface area contributed by atoms with Crippen LogP contribution in [0.5, 0.6) is 0 Å². The summed E-state index contributed by atoms with van der Waals surface area (Å²) in [5.41, 5.74) is 7.68. The third-order valence-corrected chi connectivity index (χ3v) is 3.52. The van der Waals surface area contributed by atoms with Crippen molar-refractivity contribution >= 4 is 27.9 Å². The number of aromatic nitrogens is 3. The summed E-state index contributed by atoms with van der Waals surface area (Å²) in [6.07, 6.45) is 0. The lowest BCUT2D eigenvalue weighted by Gasteiger charge is -2.13. The van der Waals surface area contributed by atoms with Gasteiger partial charge < -0.3 is 5.73 Å². The molecule has 0 atom stereocenters. The number of hydrogen-bond acceptors (Lipinski definition) is 7. The lowest BCUT2D eigenvalue weighted by molar-refractivity contribution is 0.312. The highest BCUT2D eigenvalue weighted by atomic mass is 32.1. The van der Waals surface area contributed by atoms with E-state index in [2.05, 4.69) is 24.9 Å². The van der Waals surface area contributed by atoms with Gasteiger partial charge in [-0.3, -0.25) is 4.90 Å². The number of thiazole rings is 1. The fourth-order valence-corrected chi connectivity index (χ4v) is 2.44. The third kappa shape index (κ3) is 2.75. The van der Waals surface area contributed by atoms with Gasteiger partial charge >= 0.3 is 0 Å². The predicted octanol–water partition coefficient (Wildman–Crippen LogP) is 1.52. The summed E-state index contributed by atoms with van der Waals surface area (Å²) in [4.78, 5) is 6.54. The first-order valence-corrected chi connectivity index (χ1v) is 6.46. The molecular weight excluding hydrogens is 242 g/mol. The van der Waals surface area contributed by atoms with Crippen molar-refractivity contribution < 1.29 is 0 Å². The van der Waals surface area contributed by atoms with Gasteiger partial charge in [0.2, 0.25) is 0 Å². The molecule has 0 bridgehead atoms. The minimum absolute atomic E-state index is 0.696. The molecule has 0 aliphatic heterocycles. The molecule has 2 aromatic heterocycles. The summed E-state index contributed by atoms with van der Waals surface area (Å²) in [7, 11) is 2.02. The second-order valence-corrected chi connectivity index (χ2v) is 5.46. The lowest BCUT2D eigenvalue weighted by Crippen LogP contribution is -2.18. The van der Waals surface area contributed by atoms with Crippen LogP contribution < -0.4 is 5.73 Å². The van der Waals surface area contributed by atoms with Crippen LogP contribution in [0.25, 0.3) is 0 Å². The van der Waals surface area contributed by atoms with Crippen molar-refractivity contribution in [1.29, 1.82) is 0 Å². The maximum Gasteiger partial charge on any atom is 0.132 e. The highest BCUT2D eigenvalue weighted by Gasteiger charge is 2.09. The van der Waals surface area contributed by atoms with Crippen LogP contribution in [-0.2, 0) is 13.1 Å². The Morgan fingerprint density at radius 1 is 1.44 bits per heavy atom. The van der Waals surface area contributed by atoms with E-state index in [4.69, 9.17) is 5.73 Å². The molecule has 0 saturated carbocycles. The maximum atomic E-state index is 5.74. The number of nitrogens with zero attached hydrogens (tertiary/aromatic N) is 4. The van der Waals surface area contributed by atoms with E-state index >= 15 is 0 Å². The number of nitrogens with two attached hydrogens (primary N) is 1. The molecular formula is C9H13N5S2. The van der Waals surface area contributed by atoms with Gasteiger partial charge in [0.1, 0.15) is 10.7 Å². The molecule has 0 unspecified atom stereocenters. The Morgan fingerprint density at radius 2 is 2.25 bits per heavy atom. The van der Waals surface area contributed by atoms with Crippen molar-refractivity contribution in [1.82, 2.24) is 19.5 Å². The van der Waals surface area contributed by atoms with Crippen molar-refractivity contribution in [2.24, 2.45) is 0 Å². The van der Waals surface area contributed by atoms with Crippen molar-refractivity contribution in [3.63, 3.8) is 0 Å². The number of hydrogen-bond donors (Lipinski definition) is 1. The minimum Gasteiger partial charge on any atom is -0.388 e. The molecule has 0 fully saturated rings. The maximum absolute atomic E-state index is 5.74. The van der Waals surface area contributed by atoms with Gasteiger partial charge in [0, 0.05) is 30.0 Å². The van der Waals surface area contributed by atoms with Gasteiger partial charge in [-0.2, -0.15) is 0 Å². The van der Waals surface area contributed by atoms with E-state index in [0.717, 1.165) is 22.9 Å². The minimum atomic E-state index is 0.696. The van der Waals surface area contributed by atoms with Crippen LogP contribution in [-0.4, -0.2) is 26.5 Å². The topological polar surface area (TPSA) is 67.9 Å². The molecule has 2 rings (SSSR count). The molecule has 86 valence electrons. The van der Waals surface area contributed by atoms with E-state index in [9.17, 15) is 0 Å². The molecule has 2 N–H and O–H groups in total. The molecule has 5 nitrogen and oxygen atoms in total. The number of aryl methyl sites for hydroxylation is 1. The van der Waals surface area contributed by atoms with E-state index < -0.39 is 0 Å². The normalized spacial score (nSPS) is 11.2. The van der Waals surface area contributed by atoms with Gasteiger partial charge in [-0.15, -0.1) is 16.4 Å². The number of anilines is 1. The van der Waals surface area contributed by atoms with Crippen LogP contribution in [0.4, 0.5) is 5.00 Å². The molecule has 0 amide bonds. The quantitative estimate of drug-likeness (QED) is 0.897. The summed E-state index contributed by atoms with van der Waals surface area (Å²) in [5.74, 6) is 0. The molecule has 2 heterocycles. The molecule has 0 aliphatic carbocycles. The molecule has 0 radical (unpaired) electrons. The van der Waals surface area contributed by atoms with Gasteiger partial charge in [0.15, 0.2) is 0 Å². The second-order valence-electron chi connectivity index (χ2n) is 3.61. The Bertz CT molecular complexity index is 464. The molecule has 0 spiro atoms. The summed E-state index contributed by atoms with van der Waals surface area (Å²) in [6.45, 7) is 3.52. The van der Waals surface area contributed by atoms with E-state index in [1.807, 2.05) is 14.0 Å². The fraction of sp³-hybridized carbons (Fsp3) is 0.444. The van der Waals surface area contributed by atoms with Gasteiger partial charge in [-0.25, -0.2) is 4.98 Å². The summed E-state index contributed by atoms with van der Waals surface area (Å²) < 4.78 is 3.81. The van der Waals surface area contributed by atoms with E-state index in [1.165, 1.54) is 11.5 Å². The highest BCUT2D eigenvalue weighted by Crippen LogP contribution is 2.16. The Hall–Kier alpha value is -1.05. The zero-order chi connectivity index (χ0) is 11.5. The monoisotopic (exact) mass is 255 g/mol. The first-order valence-electron chi connectivity index (χ1n) is 4.81. The largest absolute Gasteiger partial charge is 0.388 e. The van der Waals surface area contributed by atoms with E-state index in [0.29, 0.717) is 11.5 Å². The van der Waals surface area contributed by atoms with Crippen LogP contribution in [0.3, 0.4) is 0 Å². The first kappa shape index (κ1) is 11.4. The summed E-state index contributed by atoms with van der Waals surface area (Å²) in [5, 5.41) is 7.86. The predicted molar refractivity (Wildman–Crippen MR) is 66.3 cm³/mol. The van der Waals surface area contributed by atoms with Crippen LogP contribution in [0.2, 0.25) is 0 Å². The average Bonchev–Trinajstić information content (AvgIpc) is 2.77. The number of rotatable bonds is 4. The smallest absolute Gasteiger partial charge is 0.132 e. The molecule has 2 aromatic rings. The zero-order valence-corrected chi connectivity index (χ0v) is 10.8. The van der Waals surface area contributed by atoms with Gasteiger partial charge in [-0.1, -0.05) is 4.49 Å². The molecule has 7 heteroatoms. The second kappa shape index (κ2) is 4.86. The standard InChI is InChI=1S/C9H13N5S2/c1-6-11-7(5-15-6)3-14(2)4-8-9(10)16-13-12-8/h5H,3-4,10H2,1-2H3. The molecule has 0 aliphatic rings. The van der Waals surface area contributed by atoms with E-state index in [-0.39, 0.29) is 0 Å². The summed E-state index contributed by atoms with van der Waals surface area (Å²) in [6, 6.07) is 0. The van der Waals surface area contributed by atoms with Gasteiger partial charge in [0.05, 0.1) is 10.7 Å². The lowest BCUT2D eigenvalue weighted by atomic mass is 10.4. The zero-order valence-electron chi connectivity index (χ0n) is 9.17. The molecule has 0 aromatic carbocycles. The van der Waals surface area contributed by atoms with Crippen LogP contribution in [0.1, 0.15) is 16.4 Å². The highest BCUT2D eigenvalue weighted by molar-refractivity contribution is 7.10.